The summed E-state index contributed by atoms with van der Waals surface area (Å²) in [6.45, 7) is 6.43. The van der Waals surface area contributed by atoms with E-state index in [1.165, 1.54) is 109 Å². The summed E-state index contributed by atoms with van der Waals surface area (Å²) in [6, 6.07) is 0. The Balaban J connectivity index is 4.53. The normalized spacial score (nSPS) is 13.0. The summed E-state index contributed by atoms with van der Waals surface area (Å²) in [5.74, 6) is -0.983. The molecular formula is C70H114O6. The summed E-state index contributed by atoms with van der Waals surface area (Å²) in [7, 11) is 0. The molecule has 0 bridgehead atoms. The molecule has 430 valence electrons. The Kier molecular flexibility index (Phi) is 59.4. The second kappa shape index (κ2) is 63.1. The number of hydrogen-bond donors (Lipinski definition) is 0. The molecule has 0 aromatic carbocycles. The molecule has 0 saturated heterocycles. The van der Waals surface area contributed by atoms with Crippen molar-refractivity contribution < 1.29 is 28.6 Å². The zero-order chi connectivity index (χ0) is 55.0. The van der Waals surface area contributed by atoms with Crippen molar-refractivity contribution >= 4 is 17.9 Å². The fourth-order valence-electron chi connectivity index (χ4n) is 8.20. The molecule has 0 aliphatic heterocycles. The SMILES string of the molecule is CC/C=C\C/C=C\C/C=C\C/C=C\C/C=C\C/C=C\C/C=C\CCCC(=O)OCC(COC(=O)CCCCCCCCC/C=C\C/C=C\CCCCC)OC(=O)CCCCCCCCC/C=C\C/C=C\CCCCCC. The average molecular weight is 1050 g/mol. The van der Waals surface area contributed by atoms with E-state index in [4.69, 9.17) is 14.2 Å². The van der Waals surface area contributed by atoms with Gasteiger partial charge in [0.15, 0.2) is 6.10 Å². The predicted octanol–water partition coefficient (Wildman–Crippen LogP) is 21.4. The van der Waals surface area contributed by atoms with Crippen LogP contribution < -0.4 is 0 Å². The zero-order valence-electron chi connectivity index (χ0n) is 49.2. The van der Waals surface area contributed by atoms with Crippen LogP contribution in [0.25, 0.3) is 0 Å². The van der Waals surface area contributed by atoms with Gasteiger partial charge in [-0.1, -0.05) is 251 Å². The van der Waals surface area contributed by atoms with Gasteiger partial charge < -0.3 is 14.2 Å². The molecule has 0 amide bonds. The Labute approximate surface area is 468 Å². The number of allylic oxidation sites excluding steroid dienone is 22. The van der Waals surface area contributed by atoms with Gasteiger partial charge in [0, 0.05) is 19.3 Å². The first-order chi connectivity index (χ1) is 37.5. The lowest BCUT2D eigenvalue weighted by atomic mass is 10.1. The van der Waals surface area contributed by atoms with Gasteiger partial charge in [-0.05, 0) is 135 Å². The van der Waals surface area contributed by atoms with Crippen molar-refractivity contribution in [3.63, 3.8) is 0 Å². The molecule has 0 aromatic rings. The minimum Gasteiger partial charge on any atom is -0.462 e. The number of ether oxygens (including phenoxy) is 3. The van der Waals surface area contributed by atoms with Gasteiger partial charge in [-0.15, -0.1) is 0 Å². The smallest absolute Gasteiger partial charge is 0.306 e. The highest BCUT2D eigenvalue weighted by Crippen LogP contribution is 2.14. The van der Waals surface area contributed by atoms with Crippen molar-refractivity contribution in [3.8, 4) is 0 Å². The van der Waals surface area contributed by atoms with Crippen molar-refractivity contribution in [2.75, 3.05) is 13.2 Å². The molecule has 0 saturated carbocycles. The van der Waals surface area contributed by atoms with Crippen molar-refractivity contribution in [2.45, 2.75) is 277 Å². The average Bonchev–Trinajstić information content (AvgIpc) is 3.42. The molecule has 0 N–H and O–H groups in total. The van der Waals surface area contributed by atoms with Crippen LogP contribution >= 0.6 is 0 Å². The topological polar surface area (TPSA) is 78.9 Å². The fraction of sp³-hybridized carbons (Fsp3) is 0.643. The molecule has 0 radical (unpaired) electrons. The van der Waals surface area contributed by atoms with Crippen molar-refractivity contribution in [1.29, 1.82) is 0 Å². The van der Waals surface area contributed by atoms with Crippen LogP contribution in [0.4, 0.5) is 0 Å². The minimum absolute atomic E-state index is 0.107. The second-order valence-electron chi connectivity index (χ2n) is 20.2. The summed E-state index contributed by atoms with van der Waals surface area (Å²) < 4.78 is 16.9. The van der Waals surface area contributed by atoms with E-state index in [0.717, 1.165) is 116 Å². The van der Waals surface area contributed by atoms with Crippen molar-refractivity contribution in [1.82, 2.24) is 0 Å². The molecule has 76 heavy (non-hydrogen) atoms. The van der Waals surface area contributed by atoms with Crippen LogP contribution in [0.1, 0.15) is 271 Å². The lowest BCUT2D eigenvalue weighted by Crippen LogP contribution is -2.30. The third kappa shape index (κ3) is 60.4. The molecule has 0 aliphatic carbocycles. The van der Waals surface area contributed by atoms with Crippen molar-refractivity contribution in [2.24, 2.45) is 0 Å². The highest BCUT2D eigenvalue weighted by Gasteiger charge is 2.19. The number of esters is 3. The lowest BCUT2D eigenvalue weighted by molar-refractivity contribution is -0.167. The van der Waals surface area contributed by atoms with E-state index in [2.05, 4.69) is 154 Å². The van der Waals surface area contributed by atoms with Gasteiger partial charge in [0.2, 0.25) is 0 Å². The monoisotopic (exact) mass is 1050 g/mol. The number of carbonyl (C=O) groups excluding carboxylic acids is 3. The Morgan fingerprint density at radius 2 is 0.526 bits per heavy atom. The van der Waals surface area contributed by atoms with Crippen LogP contribution in [-0.2, 0) is 28.6 Å². The van der Waals surface area contributed by atoms with Crippen LogP contribution in [0.2, 0.25) is 0 Å². The molecule has 1 atom stereocenters. The van der Waals surface area contributed by atoms with Gasteiger partial charge in [-0.2, -0.15) is 0 Å². The highest BCUT2D eigenvalue weighted by molar-refractivity contribution is 5.71. The van der Waals surface area contributed by atoms with Gasteiger partial charge in [0.1, 0.15) is 13.2 Å². The van der Waals surface area contributed by atoms with Gasteiger partial charge in [-0.25, -0.2) is 0 Å². The first-order valence-electron chi connectivity index (χ1n) is 31.2. The Hall–Kier alpha value is -4.45. The van der Waals surface area contributed by atoms with Crippen LogP contribution in [0.15, 0.2) is 134 Å². The number of unbranched alkanes of at least 4 members (excludes halogenated alkanes) is 22. The molecule has 6 nitrogen and oxygen atoms in total. The molecule has 6 heteroatoms. The maximum absolute atomic E-state index is 12.9. The quantitative estimate of drug-likeness (QED) is 0.0261. The maximum Gasteiger partial charge on any atom is 0.306 e. The van der Waals surface area contributed by atoms with Crippen LogP contribution in [-0.4, -0.2) is 37.2 Å². The standard InChI is InChI=1S/C70H114O6/c1-4-7-10-13-16-19-22-25-28-31-33-34-35-36-37-40-42-45-48-51-54-57-60-63-69(72)75-66-67(65-74-68(71)62-59-56-53-50-47-44-41-38-30-27-24-21-18-15-12-9-6-3)76-70(73)64-61-58-55-52-49-46-43-39-32-29-26-23-20-17-14-11-8-5-2/h7,10,16,18-21,23,25,27-30,32-34,36-37,42,45,51,54,67H,4-6,8-9,11-15,17,22,24,26,31,35,38-41,43-44,46-50,52-53,55-66H2,1-3H3/b10-7-,19-16-,21-18-,23-20-,28-25-,30-27-,32-29-,34-33-,37-36-,45-42-,54-51-. The second-order valence-corrected chi connectivity index (χ2v) is 20.2. The van der Waals surface area contributed by atoms with E-state index < -0.39 is 6.10 Å². The van der Waals surface area contributed by atoms with Crippen molar-refractivity contribution in [3.05, 3.63) is 134 Å². The van der Waals surface area contributed by atoms with E-state index >= 15 is 0 Å². The van der Waals surface area contributed by atoms with E-state index in [9.17, 15) is 14.4 Å². The Morgan fingerprint density at radius 3 is 0.882 bits per heavy atom. The van der Waals surface area contributed by atoms with Gasteiger partial charge in [-0.3, -0.25) is 14.4 Å². The highest BCUT2D eigenvalue weighted by atomic mass is 16.6. The first kappa shape index (κ1) is 71.5. The molecule has 0 rings (SSSR count). The maximum atomic E-state index is 12.9. The van der Waals surface area contributed by atoms with Crippen LogP contribution in [0.5, 0.6) is 0 Å². The van der Waals surface area contributed by atoms with Gasteiger partial charge in [0.25, 0.3) is 0 Å². The first-order valence-corrected chi connectivity index (χ1v) is 31.2. The third-order valence-electron chi connectivity index (χ3n) is 12.9. The third-order valence-corrected chi connectivity index (χ3v) is 12.9. The molecule has 0 aliphatic rings. The predicted molar refractivity (Wildman–Crippen MR) is 329 cm³/mol. The molecular weight excluding hydrogens is 937 g/mol. The summed E-state index contributed by atoms with van der Waals surface area (Å²) >= 11 is 0. The Bertz CT molecular complexity index is 1630. The molecule has 0 aromatic heterocycles. The lowest BCUT2D eigenvalue weighted by Gasteiger charge is -2.18. The molecule has 0 heterocycles. The fourth-order valence-corrected chi connectivity index (χ4v) is 8.20. The zero-order valence-corrected chi connectivity index (χ0v) is 49.2. The van der Waals surface area contributed by atoms with Gasteiger partial charge >= 0.3 is 17.9 Å². The molecule has 0 spiro atoms. The van der Waals surface area contributed by atoms with E-state index in [0.29, 0.717) is 19.3 Å². The summed E-state index contributed by atoms with van der Waals surface area (Å²) in [6.07, 6.45) is 88.7. The Morgan fingerprint density at radius 1 is 0.276 bits per heavy atom. The van der Waals surface area contributed by atoms with E-state index in [-0.39, 0.29) is 37.5 Å². The number of rotatable bonds is 55. The molecule has 0 fully saturated rings. The van der Waals surface area contributed by atoms with Crippen LogP contribution in [0.3, 0.4) is 0 Å². The summed E-state index contributed by atoms with van der Waals surface area (Å²) in [5, 5.41) is 0. The van der Waals surface area contributed by atoms with E-state index in [1.54, 1.807) is 0 Å². The summed E-state index contributed by atoms with van der Waals surface area (Å²) in [4.78, 5) is 38.3. The van der Waals surface area contributed by atoms with E-state index in [1.807, 2.05) is 0 Å². The van der Waals surface area contributed by atoms with Crippen LogP contribution in [0, 0.1) is 0 Å². The number of carbonyl (C=O) groups is 3. The largest absolute Gasteiger partial charge is 0.462 e. The molecule has 1 unspecified atom stereocenters. The number of hydrogen-bond acceptors (Lipinski definition) is 6. The minimum atomic E-state index is -0.816. The summed E-state index contributed by atoms with van der Waals surface area (Å²) in [5.41, 5.74) is 0. The van der Waals surface area contributed by atoms with Gasteiger partial charge in [0.05, 0.1) is 0 Å².